The van der Waals surface area contributed by atoms with Crippen LogP contribution >= 0.6 is 0 Å². The lowest BCUT2D eigenvalue weighted by atomic mass is 10.2. The molecule has 1 amide bonds. The van der Waals surface area contributed by atoms with E-state index in [1.807, 2.05) is 0 Å². The van der Waals surface area contributed by atoms with E-state index in [2.05, 4.69) is 5.32 Å². The maximum atomic E-state index is 13.3. The summed E-state index contributed by atoms with van der Waals surface area (Å²) in [5.41, 5.74) is 0.234. The van der Waals surface area contributed by atoms with Gasteiger partial charge in [0.1, 0.15) is 6.29 Å². The van der Waals surface area contributed by atoms with Gasteiger partial charge in [0.05, 0.1) is 0 Å². The van der Waals surface area contributed by atoms with Crippen molar-refractivity contribution in [1.29, 1.82) is 0 Å². The Kier molecular flexibility index (Phi) is 3.37. The van der Waals surface area contributed by atoms with E-state index < -0.39 is 5.82 Å². The van der Waals surface area contributed by atoms with Crippen molar-refractivity contribution in [2.24, 2.45) is 0 Å². The first-order chi connectivity index (χ1) is 8.19. The number of ether oxygens (including phenoxy) is 1. The molecule has 5 heteroatoms. The number of nitrogens with one attached hydrogen (secondary N) is 1. The molecule has 1 saturated carbocycles. The summed E-state index contributed by atoms with van der Waals surface area (Å²) in [5.74, 6) is -0.929. The van der Waals surface area contributed by atoms with Crippen molar-refractivity contribution in [3.05, 3.63) is 29.6 Å². The predicted octanol–water partition coefficient (Wildman–Crippen LogP) is 1.30. The van der Waals surface area contributed by atoms with Gasteiger partial charge in [-0.15, -0.1) is 0 Å². The molecule has 0 saturated heterocycles. The fourth-order valence-electron chi connectivity index (χ4n) is 1.35. The molecule has 1 fully saturated rings. The first kappa shape index (κ1) is 11.6. The lowest BCUT2D eigenvalue weighted by Gasteiger charge is -2.07. The van der Waals surface area contributed by atoms with Crippen molar-refractivity contribution in [1.82, 2.24) is 5.32 Å². The number of hydrogen-bond donors (Lipinski definition) is 1. The number of carbonyl (C=O) groups is 2. The molecule has 4 nitrogen and oxygen atoms in total. The van der Waals surface area contributed by atoms with Crippen LogP contribution in [0.4, 0.5) is 4.39 Å². The van der Waals surface area contributed by atoms with Crippen LogP contribution in [0.3, 0.4) is 0 Å². The van der Waals surface area contributed by atoms with Crippen molar-refractivity contribution in [2.45, 2.75) is 18.9 Å². The highest BCUT2D eigenvalue weighted by molar-refractivity contribution is 5.78. The fourth-order valence-corrected chi connectivity index (χ4v) is 1.35. The molecule has 0 radical (unpaired) electrons. The number of rotatable bonds is 5. The molecule has 0 aromatic heterocycles. The Morgan fingerprint density at radius 2 is 2.29 bits per heavy atom. The first-order valence-electron chi connectivity index (χ1n) is 5.36. The van der Waals surface area contributed by atoms with Crippen molar-refractivity contribution >= 4 is 12.2 Å². The Labute approximate surface area is 97.8 Å². The fraction of sp³-hybridized carbons (Fsp3) is 0.333. The molecule has 17 heavy (non-hydrogen) atoms. The Morgan fingerprint density at radius 3 is 2.88 bits per heavy atom. The summed E-state index contributed by atoms with van der Waals surface area (Å²) in [7, 11) is 0. The average Bonchev–Trinajstić information content (AvgIpc) is 3.11. The Morgan fingerprint density at radius 1 is 1.53 bits per heavy atom. The summed E-state index contributed by atoms with van der Waals surface area (Å²) in [6.07, 6.45) is 2.54. The van der Waals surface area contributed by atoms with Crippen LogP contribution in [-0.4, -0.2) is 24.8 Å². The number of aldehydes is 1. The lowest BCUT2D eigenvalue weighted by Crippen LogP contribution is -2.30. The third kappa shape index (κ3) is 3.27. The molecule has 1 aromatic carbocycles. The molecule has 0 heterocycles. The highest BCUT2D eigenvalue weighted by Crippen LogP contribution is 2.19. The van der Waals surface area contributed by atoms with E-state index in [4.69, 9.17) is 4.74 Å². The summed E-state index contributed by atoms with van der Waals surface area (Å²) < 4.78 is 18.4. The van der Waals surface area contributed by atoms with Gasteiger partial charge in [0.15, 0.2) is 18.2 Å². The van der Waals surface area contributed by atoms with Gasteiger partial charge in [0.25, 0.3) is 5.91 Å². The van der Waals surface area contributed by atoms with Crippen LogP contribution in [0, 0.1) is 5.82 Å². The van der Waals surface area contributed by atoms with Crippen LogP contribution in [0.25, 0.3) is 0 Å². The average molecular weight is 237 g/mol. The van der Waals surface area contributed by atoms with Gasteiger partial charge in [-0.3, -0.25) is 9.59 Å². The molecular weight excluding hydrogens is 225 g/mol. The Hall–Kier alpha value is -1.91. The van der Waals surface area contributed by atoms with Crippen LogP contribution in [0.15, 0.2) is 18.2 Å². The van der Waals surface area contributed by atoms with Crippen LogP contribution < -0.4 is 10.1 Å². The van der Waals surface area contributed by atoms with E-state index >= 15 is 0 Å². The lowest BCUT2D eigenvalue weighted by molar-refractivity contribution is -0.123. The molecule has 1 aliphatic rings. The van der Waals surface area contributed by atoms with E-state index in [0.29, 0.717) is 6.29 Å². The SMILES string of the molecule is O=Cc1ccc(OCC(=O)NC2CC2)c(F)c1. The minimum absolute atomic E-state index is 0.0263. The zero-order valence-electron chi connectivity index (χ0n) is 9.11. The second-order valence-corrected chi connectivity index (χ2v) is 3.94. The van der Waals surface area contributed by atoms with E-state index in [0.717, 1.165) is 18.9 Å². The molecule has 1 aromatic rings. The van der Waals surface area contributed by atoms with Gasteiger partial charge in [-0.05, 0) is 31.0 Å². The van der Waals surface area contributed by atoms with E-state index in [-0.39, 0.29) is 29.9 Å². The topological polar surface area (TPSA) is 55.4 Å². The minimum Gasteiger partial charge on any atom is -0.481 e. The molecule has 0 unspecified atom stereocenters. The second-order valence-electron chi connectivity index (χ2n) is 3.94. The quantitative estimate of drug-likeness (QED) is 0.785. The van der Waals surface area contributed by atoms with Gasteiger partial charge in [-0.25, -0.2) is 4.39 Å². The predicted molar refractivity (Wildman–Crippen MR) is 58.4 cm³/mol. The normalized spacial score (nSPS) is 14.2. The molecule has 0 aliphatic heterocycles. The van der Waals surface area contributed by atoms with Gasteiger partial charge >= 0.3 is 0 Å². The number of benzene rings is 1. The number of amides is 1. The zero-order valence-corrected chi connectivity index (χ0v) is 9.11. The van der Waals surface area contributed by atoms with Crippen molar-refractivity contribution in [3.63, 3.8) is 0 Å². The largest absolute Gasteiger partial charge is 0.481 e. The zero-order chi connectivity index (χ0) is 12.3. The van der Waals surface area contributed by atoms with Crippen LogP contribution in [-0.2, 0) is 4.79 Å². The van der Waals surface area contributed by atoms with Gasteiger partial charge < -0.3 is 10.1 Å². The summed E-state index contributed by atoms with van der Waals surface area (Å²) in [4.78, 5) is 21.7. The highest BCUT2D eigenvalue weighted by atomic mass is 19.1. The molecule has 2 rings (SSSR count). The summed E-state index contributed by atoms with van der Waals surface area (Å²) >= 11 is 0. The van der Waals surface area contributed by atoms with Crippen molar-refractivity contribution < 1.29 is 18.7 Å². The van der Waals surface area contributed by atoms with Crippen molar-refractivity contribution in [2.75, 3.05) is 6.61 Å². The number of halogens is 1. The van der Waals surface area contributed by atoms with Crippen LogP contribution in [0.1, 0.15) is 23.2 Å². The standard InChI is InChI=1S/C12H12FNO3/c13-10-5-8(6-15)1-4-11(10)17-7-12(16)14-9-2-3-9/h1,4-6,9H,2-3,7H2,(H,14,16). The van der Waals surface area contributed by atoms with Gasteiger partial charge in [-0.2, -0.15) is 0 Å². The molecule has 0 bridgehead atoms. The second kappa shape index (κ2) is 4.95. The molecular formula is C12H12FNO3. The molecule has 90 valence electrons. The number of carbonyl (C=O) groups excluding carboxylic acids is 2. The van der Waals surface area contributed by atoms with Gasteiger partial charge in [0, 0.05) is 11.6 Å². The number of hydrogen-bond acceptors (Lipinski definition) is 3. The summed E-state index contributed by atoms with van der Waals surface area (Å²) in [6, 6.07) is 4.10. The first-order valence-corrected chi connectivity index (χ1v) is 5.36. The maximum Gasteiger partial charge on any atom is 0.258 e. The summed E-state index contributed by atoms with van der Waals surface area (Å²) in [5, 5.41) is 2.72. The van der Waals surface area contributed by atoms with Crippen molar-refractivity contribution in [3.8, 4) is 5.75 Å². The van der Waals surface area contributed by atoms with E-state index in [1.54, 1.807) is 0 Å². The smallest absolute Gasteiger partial charge is 0.258 e. The van der Waals surface area contributed by atoms with E-state index in [1.165, 1.54) is 12.1 Å². The van der Waals surface area contributed by atoms with Gasteiger partial charge in [0.2, 0.25) is 0 Å². The minimum atomic E-state index is -0.645. The third-order valence-electron chi connectivity index (χ3n) is 2.39. The third-order valence-corrected chi connectivity index (χ3v) is 2.39. The monoisotopic (exact) mass is 237 g/mol. The summed E-state index contributed by atoms with van der Waals surface area (Å²) in [6.45, 7) is -0.214. The highest BCUT2D eigenvalue weighted by Gasteiger charge is 2.23. The van der Waals surface area contributed by atoms with E-state index in [9.17, 15) is 14.0 Å². The van der Waals surface area contributed by atoms with Crippen LogP contribution in [0.5, 0.6) is 5.75 Å². The molecule has 1 N–H and O–H groups in total. The van der Waals surface area contributed by atoms with Crippen LogP contribution in [0.2, 0.25) is 0 Å². The van der Waals surface area contributed by atoms with Gasteiger partial charge in [-0.1, -0.05) is 0 Å². The Balaban J connectivity index is 1.89. The molecule has 0 atom stereocenters. The molecule has 1 aliphatic carbocycles. The molecule has 0 spiro atoms. The maximum absolute atomic E-state index is 13.3. The Bertz CT molecular complexity index is 443.